The molecule has 106 valence electrons. The second kappa shape index (κ2) is 7.31. The summed E-state index contributed by atoms with van der Waals surface area (Å²) in [5, 5.41) is 0. The number of rotatable bonds is 9. The Balaban J connectivity index is 1.67. The SMILES string of the molecule is CCCCCCCCOc1cc(N)nc(C2CC2)n1. The van der Waals surface area contributed by atoms with Crippen LogP contribution in [0.25, 0.3) is 0 Å². The van der Waals surface area contributed by atoms with Crippen molar-refractivity contribution in [2.45, 2.75) is 64.2 Å². The van der Waals surface area contributed by atoms with E-state index in [1.54, 1.807) is 6.07 Å². The lowest BCUT2D eigenvalue weighted by Gasteiger charge is -2.07. The summed E-state index contributed by atoms with van der Waals surface area (Å²) >= 11 is 0. The first-order valence-corrected chi connectivity index (χ1v) is 7.57. The van der Waals surface area contributed by atoms with Crippen LogP contribution in [0.2, 0.25) is 0 Å². The van der Waals surface area contributed by atoms with Gasteiger partial charge in [0.1, 0.15) is 11.6 Å². The molecule has 0 unspecified atom stereocenters. The smallest absolute Gasteiger partial charge is 0.218 e. The molecule has 2 N–H and O–H groups in total. The van der Waals surface area contributed by atoms with Gasteiger partial charge < -0.3 is 10.5 Å². The second-order valence-corrected chi connectivity index (χ2v) is 5.38. The van der Waals surface area contributed by atoms with Crippen LogP contribution in [0, 0.1) is 0 Å². The molecule has 1 aliphatic carbocycles. The molecule has 0 aliphatic heterocycles. The second-order valence-electron chi connectivity index (χ2n) is 5.38. The Bertz CT molecular complexity index is 391. The lowest BCUT2D eigenvalue weighted by molar-refractivity contribution is 0.292. The highest BCUT2D eigenvalue weighted by Crippen LogP contribution is 2.38. The molecule has 0 bridgehead atoms. The summed E-state index contributed by atoms with van der Waals surface area (Å²) in [7, 11) is 0. The molecule has 0 aromatic carbocycles. The third-order valence-electron chi connectivity index (χ3n) is 3.43. The Kier molecular flexibility index (Phi) is 5.43. The van der Waals surface area contributed by atoms with E-state index in [0.717, 1.165) is 18.9 Å². The zero-order valence-corrected chi connectivity index (χ0v) is 11.9. The fourth-order valence-electron chi connectivity index (χ4n) is 2.12. The predicted molar refractivity (Wildman–Crippen MR) is 77.3 cm³/mol. The third kappa shape index (κ3) is 5.05. The summed E-state index contributed by atoms with van der Waals surface area (Å²) in [6.07, 6.45) is 9.96. The number of unbranched alkanes of at least 4 members (excludes halogenated alkanes) is 5. The molecular weight excluding hydrogens is 238 g/mol. The first-order valence-electron chi connectivity index (χ1n) is 7.57. The van der Waals surface area contributed by atoms with Crippen LogP contribution in [0.4, 0.5) is 5.82 Å². The molecule has 4 heteroatoms. The van der Waals surface area contributed by atoms with Gasteiger partial charge in [-0.3, -0.25) is 0 Å². The van der Waals surface area contributed by atoms with Gasteiger partial charge in [-0.2, -0.15) is 4.98 Å². The average Bonchev–Trinajstić information content (AvgIpc) is 3.21. The molecule has 4 nitrogen and oxygen atoms in total. The average molecular weight is 263 g/mol. The molecule has 2 rings (SSSR count). The number of nitrogen functional groups attached to an aromatic ring is 1. The highest BCUT2D eigenvalue weighted by atomic mass is 16.5. The number of ether oxygens (including phenoxy) is 1. The van der Waals surface area contributed by atoms with Crippen LogP contribution in [-0.2, 0) is 0 Å². The van der Waals surface area contributed by atoms with Gasteiger partial charge >= 0.3 is 0 Å². The summed E-state index contributed by atoms with van der Waals surface area (Å²) in [6, 6.07) is 1.73. The maximum atomic E-state index is 5.78. The minimum atomic E-state index is 0.514. The zero-order chi connectivity index (χ0) is 13.5. The summed E-state index contributed by atoms with van der Waals surface area (Å²) < 4.78 is 5.68. The van der Waals surface area contributed by atoms with E-state index in [9.17, 15) is 0 Å². The number of nitrogens with zero attached hydrogens (tertiary/aromatic N) is 2. The van der Waals surface area contributed by atoms with Crippen LogP contribution in [-0.4, -0.2) is 16.6 Å². The van der Waals surface area contributed by atoms with Crippen molar-refractivity contribution in [2.75, 3.05) is 12.3 Å². The molecule has 0 spiro atoms. The first kappa shape index (κ1) is 14.1. The van der Waals surface area contributed by atoms with Gasteiger partial charge in [-0.05, 0) is 19.3 Å². The van der Waals surface area contributed by atoms with Crippen molar-refractivity contribution >= 4 is 5.82 Å². The predicted octanol–water partition coefficient (Wildman–Crippen LogP) is 3.68. The quantitative estimate of drug-likeness (QED) is 0.690. The number of nitrogens with two attached hydrogens (primary N) is 1. The number of anilines is 1. The van der Waals surface area contributed by atoms with Crippen molar-refractivity contribution in [3.63, 3.8) is 0 Å². The molecule has 1 heterocycles. The van der Waals surface area contributed by atoms with Crippen LogP contribution in [0.15, 0.2) is 6.07 Å². The lowest BCUT2D eigenvalue weighted by Crippen LogP contribution is -2.04. The highest BCUT2D eigenvalue weighted by molar-refractivity contribution is 5.34. The number of aromatic nitrogens is 2. The molecule has 0 atom stereocenters. The van der Waals surface area contributed by atoms with Crippen LogP contribution in [0.5, 0.6) is 5.88 Å². The van der Waals surface area contributed by atoms with Crippen molar-refractivity contribution < 1.29 is 4.74 Å². The summed E-state index contributed by atoms with van der Waals surface area (Å²) in [5.74, 6) is 2.54. The van der Waals surface area contributed by atoms with Crippen LogP contribution in [0.1, 0.15) is 70.0 Å². The van der Waals surface area contributed by atoms with Crippen LogP contribution < -0.4 is 10.5 Å². The number of hydrogen-bond acceptors (Lipinski definition) is 4. The minimum Gasteiger partial charge on any atom is -0.478 e. The molecule has 1 aromatic rings. The van der Waals surface area contributed by atoms with E-state index in [-0.39, 0.29) is 0 Å². The topological polar surface area (TPSA) is 61.0 Å². The highest BCUT2D eigenvalue weighted by Gasteiger charge is 2.27. The van der Waals surface area contributed by atoms with Gasteiger partial charge in [0.25, 0.3) is 0 Å². The van der Waals surface area contributed by atoms with E-state index in [2.05, 4.69) is 16.9 Å². The minimum absolute atomic E-state index is 0.514. The molecule has 0 amide bonds. The fourth-order valence-corrected chi connectivity index (χ4v) is 2.12. The first-order chi connectivity index (χ1) is 9.29. The summed E-state index contributed by atoms with van der Waals surface area (Å²) in [4.78, 5) is 8.69. The Morgan fingerprint density at radius 2 is 1.89 bits per heavy atom. The Labute approximate surface area is 115 Å². The summed E-state index contributed by atoms with van der Waals surface area (Å²) in [6.45, 7) is 2.97. The van der Waals surface area contributed by atoms with Gasteiger partial charge in [0.2, 0.25) is 5.88 Å². The van der Waals surface area contributed by atoms with Gasteiger partial charge in [-0.1, -0.05) is 39.0 Å². The standard InChI is InChI=1S/C15H25N3O/c1-2-3-4-5-6-7-10-19-14-11-13(16)17-15(18-14)12-8-9-12/h11-12H,2-10H2,1H3,(H2,16,17,18). The molecule has 19 heavy (non-hydrogen) atoms. The van der Waals surface area contributed by atoms with Crippen molar-refractivity contribution in [1.82, 2.24) is 9.97 Å². The fraction of sp³-hybridized carbons (Fsp3) is 0.733. The Morgan fingerprint density at radius 1 is 1.16 bits per heavy atom. The van der Waals surface area contributed by atoms with Gasteiger partial charge in [0, 0.05) is 12.0 Å². The van der Waals surface area contributed by atoms with Crippen LogP contribution in [0.3, 0.4) is 0 Å². The third-order valence-corrected chi connectivity index (χ3v) is 3.43. The molecule has 0 saturated heterocycles. The van der Waals surface area contributed by atoms with Crippen molar-refractivity contribution in [3.8, 4) is 5.88 Å². The normalized spacial score (nSPS) is 14.6. The lowest BCUT2D eigenvalue weighted by atomic mass is 10.1. The largest absolute Gasteiger partial charge is 0.478 e. The van der Waals surface area contributed by atoms with Gasteiger partial charge in [-0.15, -0.1) is 0 Å². The van der Waals surface area contributed by atoms with E-state index < -0.39 is 0 Å². The van der Waals surface area contributed by atoms with Crippen LogP contribution >= 0.6 is 0 Å². The van der Waals surface area contributed by atoms with E-state index in [1.807, 2.05) is 0 Å². The molecular formula is C15H25N3O. The van der Waals surface area contributed by atoms with Gasteiger partial charge in [-0.25, -0.2) is 4.98 Å². The Hall–Kier alpha value is -1.32. The molecule has 1 fully saturated rings. The van der Waals surface area contributed by atoms with E-state index in [0.29, 0.717) is 17.6 Å². The maximum absolute atomic E-state index is 5.78. The molecule has 1 aromatic heterocycles. The Morgan fingerprint density at radius 3 is 2.63 bits per heavy atom. The van der Waals surface area contributed by atoms with E-state index >= 15 is 0 Å². The molecule has 1 aliphatic rings. The summed E-state index contributed by atoms with van der Waals surface area (Å²) in [5.41, 5.74) is 5.78. The molecule has 1 saturated carbocycles. The van der Waals surface area contributed by atoms with Crippen molar-refractivity contribution in [2.24, 2.45) is 0 Å². The van der Waals surface area contributed by atoms with E-state index in [4.69, 9.17) is 10.5 Å². The van der Waals surface area contributed by atoms with Gasteiger partial charge in [0.05, 0.1) is 6.61 Å². The maximum Gasteiger partial charge on any atom is 0.218 e. The monoisotopic (exact) mass is 263 g/mol. The molecule has 0 radical (unpaired) electrons. The van der Waals surface area contributed by atoms with Gasteiger partial charge in [0.15, 0.2) is 0 Å². The van der Waals surface area contributed by atoms with Crippen molar-refractivity contribution in [3.05, 3.63) is 11.9 Å². The zero-order valence-electron chi connectivity index (χ0n) is 11.9. The number of hydrogen-bond donors (Lipinski definition) is 1. The van der Waals surface area contributed by atoms with E-state index in [1.165, 1.54) is 44.9 Å². The van der Waals surface area contributed by atoms with Crippen molar-refractivity contribution in [1.29, 1.82) is 0 Å².